The number of pyridine rings is 1. The summed E-state index contributed by atoms with van der Waals surface area (Å²) in [5.74, 6) is 5.48. The number of benzene rings is 1. The van der Waals surface area contributed by atoms with E-state index in [2.05, 4.69) is 31.7 Å². The molecular weight excluding hydrogens is 296 g/mol. The molecule has 0 fully saturated rings. The van der Waals surface area contributed by atoms with E-state index in [9.17, 15) is 4.79 Å². The third-order valence-corrected chi connectivity index (χ3v) is 2.99. The summed E-state index contributed by atoms with van der Waals surface area (Å²) >= 11 is 3.36. The summed E-state index contributed by atoms with van der Waals surface area (Å²) in [6.45, 7) is 0. The number of nitrogens with one attached hydrogen (secondary N) is 2. The number of rotatable bonds is 3. The van der Waals surface area contributed by atoms with Crippen LogP contribution < -0.4 is 16.6 Å². The van der Waals surface area contributed by atoms with Crippen LogP contribution in [0.4, 0.5) is 11.5 Å². The van der Waals surface area contributed by atoms with Gasteiger partial charge in [0.1, 0.15) is 5.82 Å². The molecule has 0 atom stereocenters. The molecule has 6 heteroatoms. The number of hydrogen-bond donors (Lipinski definition) is 3. The van der Waals surface area contributed by atoms with Crippen molar-refractivity contribution in [2.45, 2.75) is 0 Å². The first-order chi connectivity index (χ1) is 8.70. The highest BCUT2D eigenvalue weighted by molar-refractivity contribution is 9.10. The van der Waals surface area contributed by atoms with E-state index in [0.29, 0.717) is 17.1 Å². The molecule has 1 heterocycles. The van der Waals surface area contributed by atoms with Crippen LogP contribution in [0.25, 0.3) is 0 Å². The largest absolute Gasteiger partial charge is 0.321 e. The maximum Gasteiger partial charge on any atom is 0.257 e. The van der Waals surface area contributed by atoms with Crippen LogP contribution in [-0.4, -0.2) is 10.9 Å². The lowest BCUT2D eigenvalue weighted by Gasteiger charge is -2.07. The van der Waals surface area contributed by atoms with Crippen molar-refractivity contribution in [3.8, 4) is 0 Å². The minimum atomic E-state index is -0.224. The minimum Gasteiger partial charge on any atom is -0.321 e. The second-order valence-corrected chi connectivity index (χ2v) is 4.36. The predicted octanol–water partition coefficient (Wildman–Crippen LogP) is 2.38. The van der Waals surface area contributed by atoms with Crippen LogP contribution in [0.15, 0.2) is 47.1 Å². The van der Waals surface area contributed by atoms with Crippen molar-refractivity contribution in [1.82, 2.24) is 4.98 Å². The van der Waals surface area contributed by atoms with Gasteiger partial charge in [-0.3, -0.25) is 4.79 Å². The number of amides is 1. The van der Waals surface area contributed by atoms with Crippen LogP contribution in [0.3, 0.4) is 0 Å². The van der Waals surface area contributed by atoms with Crippen LogP contribution in [0.2, 0.25) is 0 Å². The number of hydrazine groups is 1. The summed E-state index contributed by atoms with van der Waals surface area (Å²) in [6.07, 6.45) is 1.46. The molecule has 18 heavy (non-hydrogen) atoms. The fourth-order valence-electron chi connectivity index (χ4n) is 1.37. The molecule has 0 saturated carbocycles. The van der Waals surface area contributed by atoms with Crippen LogP contribution in [0, 0.1) is 0 Å². The third kappa shape index (κ3) is 2.85. The standard InChI is InChI=1S/C12H11BrN4O/c13-9-3-1-2-4-10(9)16-12(18)8-5-6-11(17-14)15-7-8/h1-7H,14H2,(H,15,17)(H,16,18). The smallest absolute Gasteiger partial charge is 0.257 e. The van der Waals surface area contributed by atoms with Gasteiger partial charge >= 0.3 is 0 Å². The lowest BCUT2D eigenvalue weighted by molar-refractivity contribution is 0.102. The third-order valence-electron chi connectivity index (χ3n) is 2.30. The van der Waals surface area contributed by atoms with Gasteiger partial charge in [0.15, 0.2) is 0 Å². The second kappa shape index (κ2) is 5.61. The van der Waals surface area contributed by atoms with E-state index in [1.165, 1.54) is 6.20 Å². The number of aromatic nitrogens is 1. The Kier molecular flexibility index (Phi) is 3.91. The Morgan fingerprint density at radius 1 is 1.22 bits per heavy atom. The lowest BCUT2D eigenvalue weighted by atomic mass is 10.2. The van der Waals surface area contributed by atoms with E-state index in [0.717, 1.165) is 4.47 Å². The summed E-state index contributed by atoms with van der Waals surface area (Å²) in [5, 5.41) is 2.79. The zero-order valence-electron chi connectivity index (χ0n) is 9.35. The van der Waals surface area contributed by atoms with Gasteiger partial charge in [-0.2, -0.15) is 0 Å². The van der Waals surface area contributed by atoms with E-state index < -0.39 is 0 Å². The highest BCUT2D eigenvalue weighted by atomic mass is 79.9. The van der Waals surface area contributed by atoms with E-state index >= 15 is 0 Å². The van der Waals surface area contributed by atoms with Crippen molar-refractivity contribution >= 4 is 33.3 Å². The zero-order valence-corrected chi connectivity index (χ0v) is 10.9. The molecule has 2 rings (SSSR count). The van der Waals surface area contributed by atoms with Crippen LogP contribution in [0.1, 0.15) is 10.4 Å². The summed E-state index contributed by atoms with van der Waals surface area (Å²) in [7, 11) is 0. The highest BCUT2D eigenvalue weighted by Crippen LogP contribution is 2.21. The van der Waals surface area contributed by atoms with E-state index in [-0.39, 0.29) is 5.91 Å². The number of nitrogens with zero attached hydrogens (tertiary/aromatic N) is 1. The quantitative estimate of drug-likeness (QED) is 0.601. The van der Waals surface area contributed by atoms with Crippen LogP contribution in [-0.2, 0) is 0 Å². The number of para-hydroxylation sites is 1. The first-order valence-electron chi connectivity index (χ1n) is 5.19. The van der Waals surface area contributed by atoms with Crippen LogP contribution in [0.5, 0.6) is 0 Å². The summed E-state index contributed by atoms with van der Waals surface area (Å²) < 4.78 is 0.826. The minimum absolute atomic E-state index is 0.224. The molecule has 2 aromatic rings. The Bertz CT molecular complexity index is 556. The van der Waals surface area contributed by atoms with E-state index in [1.807, 2.05) is 24.3 Å². The molecule has 0 aliphatic rings. The topological polar surface area (TPSA) is 80.0 Å². The number of nitrogen functional groups attached to an aromatic ring is 1. The molecule has 0 aliphatic carbocycles. The second-order valence-electron chi connectivity index (χ2n) is 3.51. The number of carbonyl (C=O) groups is 1. The van der Waals surface area contributed by atoms with E-state index in [1.54, 1.807) is 12.1 Å². The van der Waals surface area contributed by atoms with Crippen molar-refractivity contribution in [3.05, 3.63) is 52.6 Å². The Labute approximate surface area is 113 Å². The van der Waals surface area contributed by atoms with Gasteiger partial charge in [-0.15, -0.1) is 0 Å². The summed E-state index contributed by atoms with van der Waals surface area (Å²) in [5.41, 5.74) is 3.58. The zero-order chi connectivity index (χ0) is 13.0. The van der Waals surface area contributed by atoms with Gasteiger partial charge in [-0.1, -0.05) is 12.1 Å². The average molecular weight is 307 g/mol. The Hall–Kier alpha value is -1.92. The molecular formula is C12H11BrN4O. The highest BCUT2D eigenvalue weighted by Gasteiger charge is 2.08. The van der Waals surface area contributed by atoms with Crippen molar-refractivity contribution in [2.75, 3.05) is 10.7 Å². The average Bonchev–Trinajstić information content (AvgIpc) is 2.41. The lowest BCUT2D eigenvalue weighted by Crippen LogP contribution is -2.13. The maximum atomic E-state index is 11.9. The molecule has 1 aromatic carbocycles. The molecule has 1 amide bonds. The first kappa shape index (κ1) is 12.5. The summed E-state index contributed by atoms with van der Waals surface area (Å²) in [6, 6.07) is 10.7. The van der Waals surface area contributed by atoms with Gasteiger partial charge in [0, 0.05) is 10.7 Å². The van der Waals surface area contributed by atoms with Gasteiger partial charge < -0.3 is 10.7 Å². The molecule has 5 nitrogen and oxygen atoms in total. The number of anilines is 2. The molecule has 0 bridgehead atoms. The van der Waals surface area contributed by atoms with Crippen molar-refractivity contribution in [3.63, 3.8) is 0 Å². The molecule has 1 aromatic heterocycles. The number of hydrogen-bond acceptors (Lipinski definition) is 4. The molecule has 92 valence electrons. The Balaban J connectivity index is 2.14. The number of carbonyl (C=O) groups excluding carboxylic acids is 1. The number of halogens is 1. The van der Waals surface area contributed by atoms with Gasteiger partial charge in [0.25, 0.3) is 5.91 Å². The molecule has 0 unspecified atom stereocenters. The summed E-state index contributed by atoms with van der Waals surface area (Å²) in [4.78, 5) is 15.9. The Morgan fingerprint density at radius 2 is 2.00 bits per heavy atom. The SMILES string of the molecule is NNc1ccc(C(=O)Nc2ccccc2Br)cn1. The first-order valence-corrected chi connectivity index (χ1v) is 5.98. The van der Waals surface area contributed by atoms with Gasteiger partial charge in [0.05, 0.1) is 11.3 Å². The van der Waals surface area contributed by atoms with Crippen LogP contribution >= 0.6 is 15.9 Å². The fourth-order valence-corrected chi connectivity index (χ4v) is 1.75. The van der Waals surface area contributed by atoms with Crippen molar-refractivity contribution < 1.29 is 4.79 Å². The van der Waals surface area contributed by atoms with Gasteiger partial charge in [-0.05, 0) is 40.2 Å². The molecule has 0 aliphatic heterocycles. The van der Waals surface area contributed by atoms with Crippen molar-refractivity contribution in [1.29, 1.82) is 0 Å². The van der Waals surface area contributed by atoms with Gasteiger partial charge in [-0.25, -0.2) is 10.8 Å². The predicted molar refractivity (Wildman–Crippen MR) is 74.1 cm³/mol. The fraction of sp³-hybridized carbons (Fsp3) is 0. The molecule has 0 saturated heterocycles. The van der Waals surface area contributed by atoms with Crippen molar-refractivity contribution in [2.24, 2.45) is 5.84 Å². The Morgan fingerprint density at radius 3 is 2.61 bits per heavy atom. The molecule has 0 spiro atoms. The maximum absolute atomic E-state index is 11.9. The molecule has 4 N–H and O–H groups in total. The van der Waals surface area contributed by atoms with E-state index in [4.69, 9.17) is 5.84 Å². The van der Waals surface area contributed by atoms with Gasteiger partial charge in [0.2, 0.25) is 0 Å². The normalized spacial score (nSPS) is 9.89. The molecule has 0 radical (unpaired) electrons. The monoisotopic (exact) mass is 306 g/mol. The number of nitrogens with two attached hydrogens (primary N) is 1.